The molecule has 0 saturated carbocycles. The van der Waals surface area contributed by atoms with Gasteiger partial charge in [-0.2, -0.15) is 0 Å². The SMILES string of the molecule is CC(CC(C)(C)c1ccccc1)NC(=O)NCCCC(=O)O. The highest BCUT2D eigenvalue weighted by atomic mass is 16.4. The van der Waals surface area contributed by atoms with Crippen molar-refractivity contribution in [2.75, 3.05) is 6.54 Å². The number of rotatable bonds is 8. The molecule has 22 heavy (non-hydrogen) atoms. The Balaban J connectivity index is 2.37. The molecular weight excluding hydrogens is 280 g/mol. The molecule has 1 atom stereocenters. The summed E-state index contributed by atoms with van der Waals surface area (Å²) < 4.78 is 0. The highest BCUT2D eigenvalue weighted by Gasteiger charge is 2.23. The molecule has 3 N–H and O–H groups in total. The fourth-order valence-electron chi connectivity index (χ4n) is 2.54. The summed E-state index contributed by atoms with van der Waals surface area (Å²) in [5.74, 6) is -0.847. The third kappa shape index (κ3) is 6.61. The highest BCUT2D eigenvalue weighted by Crippen LogP contribution is 2.27. The van der Waals surface area contributed by atoms with E-state index in [1.807, 2.05) is 25.1 Å². The number of carbonyl (C=O) groups excluding carboxylic acids is 1. The van der Waals surface area contributed by atoms with Crippen molar-refractivity contribution in [1.29, 1.82) is 0 Å². The summed E-state index contributed by atoms with van der Waals surface area (Å²) in [6, 6.07) is 9.99. The minimum absolute atomic E-state index is 0.0229. The average molecular weight is 306 g/mol. The van der Waals surface area contributed by atoms with Crippen LogP contribution in [-0.2, 0) is 10.2 Å². The molecule has 0 aliphatic rings. The Labute approximate surface area is 132 Å². The van der Waals surface area contributed by atoms with Gasteiger partial charge in [0.15, 0.2) is 0 Å². The van der Waals surface area contributed by atoms with Gasteiger partial charge in [-0.25, -0.2) is 4.79 Å². The maximum absolute atomic E-state index is 11.8. The predicted molar refractivity (Wildman–Crippen MR) is 87.0 cm³/mol. The van der Waals surface area contributed by atoms with Gasteiger partial charge in [0.2, 0.25) is 0 Å². The summed E-state index contributed by atoms with van der Waals surface area (Å²) in [4.78, 5) is 22.1. The first-order valence-corrected chi connectivity index (χ1v) is 7.63. The number of urea groups is 1. The molecule has 1 rings (SSSR count). The Morgan fingerprint density at radius 2 is 1.86 bits per heavy atom. The third-order valence-corrected chi connectivity index (χ3v) is 3.60. The van der Waals surface area contributed by atoms with Gasteiger partial charge in [0.1, 0.15) is 0 Å². The molecule has 0 aliphatic heterocycles. The van der Waals surface area contributed by atoms with Crippen LogP contribution in [0.2, 0.25) is 0 Å². The standard InChI is InChI=1S/C17H26N2O3/c1-13(19-16(22)18-11-7-10-15(20)21)12-17(2,3)14-8-5-4-6-9-14/h4-6,8-9,13H,7,10-12H2,1-3H3,(H,20,21)(H2,18,19,22). The van der Waals surface area contributed by atoms with Crippen LogP contribution in [0.4, 0.5) is 4.79 Å². The van der Waals surface area contributed by atoms with Crippen LogP contribution in [0.5, 0.6) is 0 Å². The summed E-state index contributed by atoms with van der Waals surface area (Å²) in [5.41, 5.74) is 1.21. The van der Waals surface area contributed by atoms with E-state index in [9.17, 15) is 9.59 Å². The summed E-state index contributed by atoms with van der Waals surface area (Å²) in [6.07, 6.45) is 1.32. The molecule has 5 nitrogen and oxygen atoms in total. The van der Waals surface area contributed by atoms with E-state index in [-0.39, 0.29) is 23.9 Å². The van der Waals surface area contributed by atoms with Crippen molar-refractivity contribution < 1.29 is 14.7 Å². The zero-order valence-electron chi connectivity index (χ0n) is 13.6. The first-order valence-electron chi connectivity index (χ1n) is 7.63. The molecule has 122 valence electrons. The normalized spacial score (nSPS) is 12.5. The first kappa shape index (κ1) is 18.0. The molecule has 0 fully saturated rings. The number of hydrogen-bond acceptors (Lipinski definition) is 2. The van der Waals surface area contributed by atoms with Crippen molar-refractivity contribution >= 4 is 12.0 Å². The number of aliphatic carboxylic acids is 1. The molecule has 0 saturated heterocycles. The summed E-state index contributed by atoms with van der Waals surface area (Å²) >= 11 is 0. The Bertz CT molecular complexity index is 486. The molecule has 5 heteroatoms. The monoisotopic (exact) mass is 306 g/mol. The van der Waals surface area contributed by atoms with Crippen molar-refractivity contribution in [1.82, 2.24) is 10.6 Å². The largest absolute Gasteiger partial charge is 0.481 e. The van der Waals surface area contributed by atoms with E-state index in [1.54, 1.807) is 0 Å². The van der Waals surface area contributed by atoms with Crippen molar-refractivity contribution in [3.05, 3.63) is 35.9 Å². The summed E-state index contributed by atoms with van der Waals surface area (Å²) in [5, 5.41) is 14.1. The van der Waals surface area contributed by atoms with Crippen LogP contribution in [0.3, 0.4) is 0 Å². The number of benzene rings is 1. The molecule has 0 spiro atoms. The van der Waals surface area contributed by atoms with Crippen molar-refractivity contribution in [3.8, 4) is 0 Å². The quantitative estimate of drug-likeness (QED) is 0.646. The summed E-state index contributed by atoms with van der Waals surface area (Å²) in [7, 11) is 0. The first-order chi connectivity index (χ1) is 10.3. The lowest BCUT2D eigenvalue weighted by Crippen LogP contribution is -2.43. The summed E-state index contributed by atoms with van der Waals surface area (Å²) in [6.45, 7) is 6.66. The maximum Gasteiger partial charge on any atom is 0.314 e. The molecule has 2 amide bonds. The molecule has 0 radical (unpaired) electrons. The van der Waals surface area contributed by atoms with Crippen molar-refractivity contribution in [2.24, 2.45) is 0 Å². The molecule has 0 heterocycles. The van der Waals surface area contributed by atoms with E-state index in [1.165, 1.54) is 5.56 Å². The van der Waals surface area contributed by atoms with Crippen LogP contribution in [0.15, 0.2) is 30.3 Å². The predicted octanol–water partition coefficient (Wildman–Crippen LogP) is 2.91. The van der Waals surface area contributed by atoms with Gasteiger partial charge >= 0.3 is 12.0 Å². The van der Waals surface area contributed by atoms with E-state index in [0.717, 1.165) is 6.42 Å². The zero-order chi connectivity index (χ0) is 16.6. The molecule has 1 aromatic rings. The van der Waals surface area contributed by atoms with Gasteiger partial charge in [0, 0.05) is 19.0 Å². The maximum atomic E-state index is 11.8. The van der Waals surface area contributed by atoms with Gasteiger partial charge in [0.25, 0.3) is 0 Å². The molecule has 1 aromatic carbocycles. The van der Waals surface area contributed by atoms with E-state index in [4.69, 9.17) is 5.11 Å². The Kier molecular flexibility index (Phi) is 6.89. The van der Waals surface area contributed by atoms with Gasteiger partial charge < -0.3 is 15.7 Å². The van der Waals surface area contributed by atoms with Crippen molar-refractivity contribution in [3.63, 3.8) is 0 Å². The van der Waals surface area contributed by atoms with E-state index >= 15 is 0 Å². The van der Waals surface area contributed by atoms with Crippen LogP contribution >= 0.6 is 0 Å². The van der Waals surface area contributed by atoms with Gasteiger partial charge in [-0.1, -0.05) is 44.2 Å². The molecule has 0 bridgehead atoms. The van der Waals surface area contributed by atoms with Gasteiger partial charge in [-0.15, -0.1) is 0 Å². The van der Waals surface area contributed by atoms with E-state index < -0.39 is 5.97 Å². The van der Waals surface area contributed by atoms with Gasteiger partial charge in [0.05, 0.1) is 0 Å². The average Bonchev–Trinajstić information content (AvgIpc) is 2.43. The smallest absolute Gasteiger partial charge is 0.314 e. The number of carboxylic acids is 1. The van der Waals surface area contributed by atoms with Crippen molar-refractivity contribution in [2.45, 2.75) is 51.5 Å². The minimum Gasteiger partial charge on any atom is -0.481 e. The van der Waals surface area contributed by atoms with E-state index in [2.05, 4.69) is 36.6 Å². The van der Waals surface area contributed by atoms with E-state index in [0.29, 0.717) is 13.0 Å². The second-order valence-corrected chi connectivity index (χ2v) is 6.25. The second kappa shape index (κ2) is 8.41. The lowest BCUT2D eigenvalue weighted by molar-refractivity contribution is -0.137. The Morgan fingerprint density at radius 1 is 1.23 bits per heavy atom. The molecule has 0 aliphatic carbocycles. The number of nitrogens with one attached hydrogen (secondary N) is 2. The number of carbonyl (C=O) groups is 2. The molecule has 1 unspecified atom stereocenters. The zero-order valence-corrected chi connectivity index (χ0v) is 13.6. The van der Waals surface area contributed by atoms with Crippen LogP contribution < -0.4 is 10.6 Å². The fraction of sp³-hybridized carbons (Fsp3) is 0.529. The highest BCUT2D eigenvalue weighted by molar-refractivity contribution is 5.74. The molecular formula is C17H26N2O3. The Hall–Kier alpha value is -2.04. The van der Waals surface area contributed by atoms with Gasteiger partial charge in [-0.3, -0.25) is 4.79 Å². The molecule has 0 aromatic heterocycles. The lowest BCUT2D eigenvalue weighted by Gasteiger charge is -2.29. The third-order valence-electron chi connectivity index (χ3n) is 3.60. The van der Waals surface area contributed by atoms with Crippen LogP contribution in [0.1, 0.15) is 45.6 Å². The number of hydrogen-bond donors (Lipinski definition) is 3. The van der Waals surface area contributed by atoms with Crippen LogP contribution in [0.25, 0.3) is 0 Å². The van der Waals surface area contributed by atoms with Crippen LogP contribution in [0, 0.1) is 0 Å². The van der Waals surface area contributed by atoms with Gasteiger partial charge in [-0.05, 0) is 30.7 Å². The Morgan fingerprint density at radius 3 is 2.45 bits per heavy atom. The number of carboxylic acid groups (broad SMARTS) is 1. The number of amides is 2. The second-order valence-electron chi connectivity index (χ2n) is 6.25. The minimum atomic E-state index is -0.847. The lowest BCUT2D eigenvalue weighted by atomic mass is 9.79. The van der Waals surface area contributed by atoms with Crippen LogP contribution in [-0.4, -0.2) is 29.7 Å². The topological polar surface area (TPSA) is 78.4 Å². The fourth-order valence-corrected chi connectivity index (χ4v) is 2.54.